The number of unbranched alkanes of at least 4 members (excludes halogenated alkanes) is 1. The molecule has 0 N–H and O–H groups in total. The molecule has 0 radical (unpaired) electrons. The maximum atomic E-state index is 13.0. The van der Waals surface area contributed by atoms with Gasteiger partial charge >= 0.3 is 6.03 Å². The molecule has 1 aromatic carbocycles. The number of amidine groups is 1. The number of urea groups is 1. The van der Waals surface area contributed by atoms with E-state index < -0.39 is 0 Å². The van der Waals surface area contributed by atoms with Gasteiger partial charge < -0.3 is 0 Å². The Balaban J connectivity index is 2.29. The van der Waals surface area contributed by atoms with Crippen molar-refractivity contribution in [3.05, 3.63) is 29.3 Å². The molecule has 2 amide bonds. The molecule has 0 bridgehead atoms. The van der Waals surface area contributed by atoms with Crippen molar-refractivity contribution in [2.24, 2.45) is 4.99 Å². The Morgan fingerprint density at radius 2 is 2.09 bits per heavy atom. The van der Waals surface area contributed by atoms with Crippen molar-refractivity contribution in [2.75, 3.05) is 17.3 Å². The van der Waals surface area contributed by atoms with Crippen molar-refractivity contribution in [1.82, 2.24) is 4.90 Å². The summed E-state index contributed by atoms with van der Waals surface area (Å²) >= 11 is 7.66. The Bertz CT molecular complexity index is 598. The first kappa shape index (κ1) is 18.1. The fraction of sp³-hybridized carbons (Fsp3) is 0.529. The zero-order valence-corrected chi connectivity index (χ0v) is 15.7. The molecule has 1 aliphatic heterocycles. The van der Waals surface area contributed by atoms with Crippen molar-refractivity contribution in [2.45, 2.75) is 46.1 Å². The average molecular weight is 354 g/mol. The van der Waals surface area contributed by atoms with E-state index in [4.69, 9.17) is 16.6 Å². The average Bonchev–Trinajstić information content (AvgIpc) is 2.45. The smallest absolute Gasteiger partial charge is 0.284 e. The molecular formula is C17H24ClN3OS. The Morgan fingerprint density at radius 1 is 1.35 bits per heavy atom. The SMILES string of the molecule is CCCCN1C(=O)N(c2cccc(Cl)c2)CSC1=NC(C)(C)C. The van der Waals surface area contributed by atoms with Crippen LogP contribution >= 0.6 is 23.4 Å². The maximum absolute atomic E-state index is 13.0. The number of nitrogens with zero attached hydrogens (tertiary/aromatic N) is 3. The van der Waals surface area contributed by atoms with Crippen molar-refractivity contribution >= 4 is 40.2 Å². The number of anilines is 1. The lowest BCUT2D eigenvalue weighted by Gasteiger charge is -2.36. The zero-order valence-electron chi connectivity index (χ0n) is 14.2. The molecule has 1 heterocycles. The second kappa shape index (κ2) is 7.58. The number of hydrogen-bond donors (Lipinski definition) is 0. The van der Waals surface area contributed by atoms with Crippen molar-refractivity contribution in [3.8, 4) is 0 Å². The molecule has 1 aliphatic rings. The summed E-state index contributed by atoms with van der Waals surface area (Å²) in [5, 5.41) is 1.45. The molecule has 0 atom stereocenters. The lowest BCUT2D eigenvalue weighted by molar-refractivity contribution is 0.227. The van der Waals surface area contributed by atoms with Crippen LogP contribution in [0.5, 0.6) is 0 Å². The molecule has 0 aliphatic carbocycles. The van der Waals surface area contributed by atoms with Gasteiger partial charge in [-0.15, -0.1) is 0 Å². The van der Waals surface area contributed by atoms with Crippen LogP contribution in [-0.2, 0) is 0 Å². The lowest BCUT2D eigenvalue weighted by Crippen LogP contribution is -2.51. The molecule has 23 heavy (non-hydrogen) atoms. The molecule has 2 rings (SSSR count). The summed E-state index contributed by atoms with van der Waals surface area (Å²) < 4.78 is 0. The highest BCUT2D eigenvalue weighted by Crippen LogP contribution is 2.29. The van der Waals surface area contributed by atoms with E-state index in [-0.39, 0.29) is 11.6 Å². The van der Waals surface area contributed by atoms with E-state index in [1.165, 1.54) is 0 Å². The minimum Gasteiger partial charge on any atom is -0.284 e. The molecule has 0 unspecified atom stereocenters. The summed E-state index contributed by atoms with van der Waals surface area (Å²) in [4.78, 5) is 21.2. The van der Waals surface area contributed by atoms with Gasteiger partial charge in [0.25, 0.3) is 0 Å². The number of carbonyl (C=O) groups excluding carboxylic acids is 1. The van der Waals surface area contributed by atoms with Crippen molar-refractivity contribution in [3.63, 3.8) is 0 Å². The Kier molecular flexibility index (Phi) is 5.98. The molecule has 0 aromatic heterocycles. The van der Waals surface area contributed by atoms with Crippen molar-refractivity contribution in [1.29, 1.82) is 0 Å². The monoisotopic (exact) mass is 353 g/mol. The van der Waals surface area contributed by atoms with E-state index >= 15 is 0 Å². The van der Waals surface area contributed by atoms with Gasteiger partial charge in [-0.1, -0.05) is 42.8 Å². The molecule has 1 saturated heterocycles. The van der Waals surface area contributed by atoms with Crippen LogP contribution < -0.4 is 4.90 Å². The highest BCUT2D eigenvalue weighted by molar-refractivity contribution is 8.14. The number of halogens is 1. The van der Waals surface area contributed by atoms with Gasteiger partial charge in [-0.2, -0.15) is 0 Å². The second-order valence-electron chi connectivity index (χ2n) is 6.53. The van der Waals surface area contributed by atoms with E-state index in [1.807, 2.05) is 45.0 Å². The molecule has 1 aromatic rings. The largest absolute Gasteiger partial charge is 0.331 e. The van der Waals surface area contributed by atoms with Crippen LogP contribution in [0.2, 0.25) is 5.02 Å². The second-order valence-corrected chi connectivity index (χ2v) is 7.88. The Labute approximate surface area is 147 Å². The first-order chi connectivity index (χ1) is 10.8. The summed E-state index contributed by atoms with van der Waals surface area (Å²) in [6.07, 6.45) is 1.99. The third kappa shape index (κ3) is 4.88. The van der Waals surface area contributed by atoms with Gasteiger partial charge in [-0.3, -0.25) is 14.8 Å². The van der Waals surface area contributed by atoms with Crippen LogP contribution in [0.1, 0.15) is 40.5 Å². The van der Waals surface area contributed by atoms with E-state index in [9.17, 15) is 4.79 Å². The summed E-state index contributed by atoms with van der Waals surface area (Å²) in [5.41, 5.74) is 0.622. The topological polar surface area (TPSA) is 35.9 Å². The molecule has 4 nitrogen and oxygen atoms in total. The summed E-state index contributed by atoms with van der Waals surface area (Å²) in [7, 11) is 0. The normalized spacial score (nSPS) is 18.0. The van der Waals surface area contributed by atoms with Crippen LogP contribution in [0.3, 0.4) is 0 Å². The minimum atomic E-state index is -0.203. The van der Waals surface area contributed by atoms with Crippen LogP contribution in [0.25, 0.3) is 0 Å². The van der Waals surface area contributed by atoms with E-state index in [0.717, 1.165) is 23.7 Å². The Morgan fingerprint density at radius 3 is 2.70 bits per heavy atom. The van der Waals surface area contributed by atoms with Crippen LogP contribution in [-0.4, -0.2) is 34.1 Å². The molecule has 0 spiro atoms. The molecular weight excluding hydrogens is 330 g/mol. The molecule has 0 saturated carbocycles. The zero-order chi connectivity index (χ0) is 17.0. The number of hydrogen-bond acceptors (Lipinski definition) is 3. The van der Waals surface area contributed by atoms with E-state index in [0.29, 0.717) is 17.4 Å². The van der Waals surface area contributed by atoms with Gasteiger partial charge in [0, 0.05) is 17.3 Å². The van der Waals surface area contributed by atoms with Gasteiger partial charge in [0.05, 0.1) is 11.4 Å². The third-order valence-electron chi connectivity index (χ3n) is 3.30. The van der Waals surface area contributed by atoms with Gasteiger partial charge in [0.15, 0.2) is 5.17 Å². The third-order valence-corrected chi connectivity index (χ3v) is 4.49. The fourth-order valence-corrected chi connectivity index (χ4v) is 3.55. The van der Waals surface area contributed by atoms with Gasteiger partial charge in [0.2, 0.25) is 0 Å². The summed E-state index contributed by atoms with van der Waals surface area (Å²) in [5.74, 6) is 0.552. The first-order valence-corrected chi connectivity index (χ1v) is 9.25. The predicted molar refractivity (Wildman–Crippen MR) is 101 cm³/mol. The summed E-state index contributed by atoms with van der Waals surface area (Å²) in [6, 6.07) is 7.39. The number of benzene rings is 1. The van der Waals surface area contributed by atoms with Gasteiger partial charge in [0.1, 0.15) is 0 Å². The number of carbonyl (C=O) groups is 1. The number of rotatable bonds is 4. The molecule has 1 fully saturated rings. The van der Waals surface area contributed by atoms with Gasteiger partial charge in [-0.25, -0.2) is 4.79 Å². The number of amides is 2. The number of aliphatic imine (C=N–C) groups is 1. The highest BCUT2D eigenvalue weighted by atomic mass is 35.5. The van der Waals surface area contributed by atoms with Crippen LogP contribution in [0, 0.1) is 0 Å². The minimum absolute atomic E-state index is 0.0255. The van der Waals surface area contributed by atoms with E-state index in [2.05, 4.69) is 6.92 Å². The van der Waals surface area contributed by atoms with Gasteiger partial charge in [-0.05, 0) is 45.4 Å². The van der Waals surface area contributed by atoms with E-state index in [1.54, 1.807) is 21.6 Å². The fourth-order valence-electron chi connectivity index (χ4n) is 2.20. The molecule has 126 valence electrons. The lowest BCUT2D eigenvalue weighted by atomic mass is 10.1. The number of thioether (sulfide) groups is 1. The van der Waals surface area contributed by atoms with Crippen molar-refractivity contribution < 1.29 is 4.79 Å². The predicted octanol–water partition coefficient (Wildman–Crippen LogP) is 5.23. The van der Waals surface area contributed by atoms with Crippen LogP contribution in [0.4, 0.5) is 10.5 Å². The maximum Gasteiger partial charge on any atom is 0.331 e. The Hall–Kier alpha value is -1.20. The quantitative estimate of drug-likeness (QED) is 0.743. The standard InChI is InChI=1S/C17H24ClN3OS/c1-5-6-10-20-15(19-17(2,3)4)23-12-21(16(20)22)14-9-7-8-13(18)11-14/h7-9,11H,5-6,10,12H2,1-4H3. The molecule has 6 heteroatoms. The first-order valence-electron chi connectivity index (χ1n) is 7.89. The van der Waals surface area contributed by atoms with Crippen LogP contribution in [0.15, 0.2) is 29.3 Å². The highest BCUT2D eigenvalue weighted by Gasteiger charge is 2.32. The summed E-state index contributed by atoms with van der Waals surface area (Å²) in [6.45, 7) is 8.95.